The van der Waals surface area contributed by atoms with Crippen LogP contribution in [0.2, 0.25) is 0 Å². The topological polar surface area (TPSA) is 32.3 Å². The predicted octanol–water partition coefficient (Wildman–Crippen LogP) is 3.28. The number of halogens is 2. The van der Waals surface area contributed by atoms with Crippen molar-refractivity contribution in [3.63, 3.8) is 0 Å². The fraction of sp³-hybridized carbons (Fsp3) is 0.611. The predicted molar refractivity (Wildman–Crippen MR) is 92.8 cm³/mol. The summed E-state index contributed by atoms with van der Waals surface area (Å²) < 4.78 is 12.9. The Kier molecular flexibility index (Phi) is 7.00. The standard InChI is InChI=1S/C18H25FN2O.ClH/c19-16-5-3-14(4-6-16)18(22)15-7-11-21(12-8-15)13-9-17-2-1-10-20-17;/h3-6,15,17,20H,1-2,7-13H2;1H/t17-;/m0./s1. The molecule has 0 unspecified atom stereocenters. The minimum absolute atomic E-state index is 0. The van der Waals surface area contributed by atoms with E-state index >= 15 is 0 Å². The molecule has 0 aromatic heterocycles. The summed E-state index contributed by atoms with van der Waals surface area (Å²) in [4.78, 5) is 14.9. The van der Waals surface area contributed by atoms with Crippen LogP contribution in [0.25, 0.3) is 0 Å². The third-order valence-electron chi connectivity index (χ3n) is 5.04. The number of hydrogen-bond acceptors (Lipinski definition) is 3. The lowest BCUT2D eigenvalue weighted by atomic mass is 9.89. The normalized spacial score (nSPS) is 22.7. The molecule has 0 bridgehead atoms. The van der Waals surface area contributed by atoms with Gasteiger partial charge >= 0.3 is 0 Å². The molecule has 1 atom stereocenters. The van der Waals surface area contributed by atoms with E-state index in [9.17, 15) is 9.18 Å². The SMILES string of the molecule is Cl.O=C(c1ccc(F)cc1)C1CCN(CC[C@@H]2CCCN2)CC1. The molecule has 1 N–H and O–H groups in total. The smallest absolute Gasteiger partial charge is 0.166 e. The summed E-state index contributed by atoms with van der Waals surface area (Å²) >= 11 is 0. The number of nitrogens with zero attached hydrogens (tertiary/aromatic N) is 1. The lowest BCUT2D eigenvalue weighted by Gasteiger charge is -2.31. The highest BCUT2D eigenvalue weighted by atomic mass is 35.5. The Labute approximate surface area is 144 Å². The van der Waals surface area contributed by atoms with Gasteiger partial charge in [0, 0.05) is 17.5 Å². The van der Waals surface area contributed by atoms with Crippen LogP contribution < -0.4 is 5.32 Å². The second-order valence-corrected chi connectivity index (χ2v) is 6.57. The van der Waals surface area contributed by atoms with Crippen LogP contribution in [0, 0.1) is 11.7 Å². The van der Waals surface area contributed by atoms with Gasteiger partial charge in [-0.2, -0.15) is 0 Å². The van der Waals surface area contributed by atoms with E-state index in [1.165, 1.54) is 37.9 Å². The maximum Gasteiger partial charge on any atom is 0.166 e. The van der Waals surface area contributed by atoms with Crippen LogP contribution in [0.15, 0.2) is 24.3 Å². The van der Waals surface area contributed by atoms with E-state index in [1.54, 1.807) is 12.1 Å². The largest absolute Gasteiger partial charge is 0.314 e. The second-order valence-electron chi connectivity index (χ2n) is 6.57. The Balaban J connectivity index is 0.00000192. The summed E-state index contributed by atoms with van der Waals surface area (Å²) in [5.41, 5.74) is 0.648. The fourth-order valence-corrected chi connectivity index (χ4v) is 3.61. The van der Waals surface area contributed by atoms with Crippen molar-refractivity contribution in [1.29, 1.82) is 0 Å². The van der Waals surface area contributed by atoms with Gasteiger partial charge in [-0.1, -0.05) is 0 Å². The van der Waals surface area contributed by atoms with Crippen molar-refractivity contribution >= 4 is 18.2 Å². The van der Waals surface area contributed by atoms with Gasteiger partial charge in [0.05, 0.1) is 0 Å². The van der Waals surface area contributed by atoms with Gasteiger partial charge in [-0.15, -0.1) is 12.4 Å². The Hall–Kier alpha value is -0.970. The van der Waals surface area contributed by atoms with Crippen LogP contribution in [0.4, 0.5) is 4.39 Å². The number of piperidine rings is 1. The molecule has 0 amide bonds. The van der Waals surface area contributed by atoms with Gasteiger partial charge in [0.1, 0.15) is 5.82 Å². The number of hydrogen-bond donors (Lipinski definition) is 1. The van der Waals surface area contributed by atoms with Crippen molar-refractivity contribution in [3.05, 3.63) is 35.6 Å². The van der Waals surface area contributed by atoms with E-state index in [0.717, 1.165) is 32.5 Å². The fourth-order valence-electron chi connectivity index (χ4n) is 3.61. The molecule has 23 heavy (non-hydrogen) atoms. The Morgan fingerprint density at radius 1 is 1.17 bits per heavy atom. The maximum atomic E-state index is 12.9. The van der Waals surface area contributed by atoms with E-state index in [0.29, 0.717) is 11.6 Å². The van der Waals surface area contributed by atoms with E-state index in [1.807, 2.05) is 0 Å². The molecule has 0 spiro atoms. The molecule has 128 valence electrons. The summed E-state index contributed by atoms with van der Waals surface area (Å²) in [5, 5.41) is 3.54. The van der Waals surface area contributed by atoms with Crippen molar-refractivity contribution in [1.82, 2.24) is 10.2 Å². The molecule has 2 aliphatic rings. The molecule has 3 rings (SSSR count). The van der Waals surface area contributed by atoms with E-state index < -0.39 is 0 Å². The molecular weight excluding hydrogens is 315 g/mol. The van der Waals surface area contributed by atoms with Gasteiger partial charge in [0.25, 0.3) is 0 Å². The first kappa shape index (κ1) is 18.4. The highest BCUT2D eigenvalue weighted by molar-refractivity contribution is 5.97. The molecule has 1 aromatic carbocycles. The van der Waals surface area contributed by atoms with Gasteiger partial charge in [0.15, 0.2) is 5.78 Å². The van der Waals surface area contributed by atoms with Gasteiger partial charge in [-0.05, 0) is 82.5 Å². The number of benzene rings is 1. The number of carbonyl (C=O) groups excluding carboxylic acids is 1. The van der Waals surface area contributed by atoms with Crippen molar-refractivity contribution < 1.29 is 9.18 Å². The summed E-state index contributed by atoms with van der Waals surface area (Å²) in [5.74, 6) is -0.00434. The quantitative estimate of drug-likeness (QED) is 0.835. The van der Waals surface area contributed by atoms with Crippen LogP contribution in [-0.4, -0.2) is 42.9 Å². The van der Waals surface area contributed by atoms with Gasteiger partial charge < -0.3 is 10.2 Å². The summed E-state index contributed by atoms with van der Waals surface area (Å²) in [6.07, 6.45) is 5.68. The minimum Gasteiger partial charge on any atom is -0.314 e. The lowest BCUT2D eigenvalue weighted by Crippen LogP contribution is -2.38. The Bertz CT molecular complexity index is 494. The van der Waals surface area contributed by atoms with Crippen LogP contribution in [0.5, 0.6) is 0 Å². The number of carbonyl (C=O) groups is 1. The molecule has 2 aliphatic heterocycles. The average Bonchev–Trinajstić information content (AvgIpc) is 3.07. The molecule has 5 heteroatoms. The zero-order valence-electron chi connectivity index (χ0n) is 13.5. The first-order valence-electron chi connectivity index (χ1n) is 8.48. The van der Waals surface area contributed by atoms with Crippen LogP contribution in [-0.2, 0) is 0 Å². The van der Waals surface area contributed by atoms with Gasteiger partial charge in [0.2, 0.25) is 0 Å². The minimum atomic E-state index is -0.285. The van der Waals surface area contributed by atoms with Crippen molar-refractivity contribution in [2.75, 3.05) is 26.2 Å². The summed E-state index contributed by atoms with van der Waals surface area (Å²) in [7, 11) is 0. The van der Waals surface area contributed by atoms with E-state index in [-0.39, 0.29) is 29.9 Å². The summed E-state index contributed by atoms with van der Waals surface area (Å²) in [6, 6.07) is 6.65. The molecule has 0 radical (unpaired) electrons. The molecule has 3 nitrogen and oxygen atoms in total. The number of ketones is 1. The van der Waals surface area contributed by atoms with Crippen molar-refractivity contribution in [2.24, 2.45) is 5.92 Å². The van der Waals surface area contributed by atoms with Crippen LogP contribution in [0.3, 0.4) is 0 Å². The summed E-state index contributed by atoms with van der Waals surface area (Å²) in [6.45, 7) is 4.31. The average molecular weight is 341 g/mol. The second kappa shape index (κ2) is 8.76. The van der Waals surface area contributed by atoms with Gasteiger partial charge in [-0.3, -0.25) is 4.79 Å². The number of nitrogens with one attached hydrogen (secondary N) is 1. The van der Waals surface area contributed by atoms with Crippen LogP contribution in [0.1, 0.15) is 42.5 Å². The van der Waals surface area contributed by atoms with Gasteiger partial charge in [-0.25, -0.2) is 4.39 Å². The lowest BCUT2D eigenvalue weighted by molar-refractivity contribution is 0.0837. The van der Waals surface area contributed by atoms with E-state index in [4.69, 9.17) is 0 Å². The zero-order chi connectivity index (χ0) is 15.4. The zero-order valence-corrected chi connectivity index (χ0v) is 14.3. The van der Waals surface area contributed by atoms with Crippen molar-refractivity contribution in [3.8, 4) is 0 Å². The van der Waals surface area contributed by atoms with Crippen molar-refractivity contribution in [2.45, 2.75) is 38.1 Å². The Morgan fingerprint density at radius 2 is 1.87 bits per heavy atom. The molecule has 2 heterocycles. The van der Waals surface area contributed by atoms with Crippen LogP contribution >= 0.6 is 12.4 Å². The number of likely N-dealkylation sites (tertiary alicyclic amines) is 1. The number of rotatable bonds is 5. The molecule has 0 saturated carbocycles. The Morgan fingerprint density at radius 3 is 2.48 bits per heavy atom. The monoisotopic (exact) mass is 340 g/mol. The number of Topliss-reactive ketones (excluding diaryl/α,β-unsaturated/α-hetero) is 1. The molecule has 1 aromatic rings. The first-order chi connectivity index (χ1) is 10.7. The molecule has 2 fully saturated rings. The molecular formula is C18H26ClFN2O. The molecule has 0 aliphatic carbocycles. The highest BCUT2D eigenvalue weighted by Gasteiger charge is 2.26. The third kappa shape index (κ3) is 5.00. The highest BCUT2D eigenvalue weighted by Crippen LogP contribution is 2.22. The molecule has 2 saturated heterocycles. The first-order valence-corrected chi connectivity index (χ1v) is 8.48. The third-order valence-corrected chi connectivity index (χ3v) is 5.04. The maximum absolute atomic E-state index is 12.9. The van der Waals surface area contributed by atoms with E-state index in [2.05, 4.69) is 10.2 Å².